The van der Waals surface area contributed by atoms with Crippen LogP contribution in [0.5, 0.6) is 0 Å². The van der Waals surface area contributed by atoms with Gasteiger partial charge >= 0.3 is 0 Å². The summed E-state index contributed by atoms with van der Waals surface area (Å²) in [5.74, 6) is -0.686. The fraction of sp³-hybridized carbons (Fsp3) is 0.429. The van der Waals surface area contributed by atoms with Crippen molar-refractivity contribution in [3.63, 3.8) is 0 Å². The molecule has 0 spiro atoms. The number of amides is 2. The molecule has 1 unspecified atom stereocenters. The van der Waals surface area contributed by atoms with Crippen LogP contribution in [0.2, 0.25) is 0 Å². The van der Waals surface area contributed by atoms with Crippen molar-refractivity contribution >= 4 is 11.8 Å². The van der Waals surface area contributed by atoms with E-state index in [0.29, 0.717) is 24.1 Å². The molecule has 0 radical (unpaired) electrons. The predicted octanol–water partition coefficient (Wildman–Crippen LogP) is -0.108. The molecule has 0 aromatic heterocycles. The van der Waals surface area contributed by atoms with Crippen LogP contribution in [0.15, 0.2) is 24.3 Å². The molecule has 110 valence electrons. The molecular weight excluding hydrogens is 258 g/mol. The van der Waals surface area contributed by atoms with Crippen LogP contribution in [0.3, 0.4) is 0 Å². The lowest BCUT2D eigenvalue weighted by molar-refractivity contribution is -0.119. The van der Waals surface area contributed by atoms with Gasteiger partial charge in [0, 0.05) is 12.1 Å². The summed E-state index contributed by atoms with van der Waals surface area (Å²) < 4.78 is 0. The van der Waals surface area contributed by atoms with Crippen molar-refractivity contribution in [3.8, 4) is 0 Å². The first-order valence-electron chi connectivity index (χ1n) is 6.57. The molecule has 20 heavy (non-hydrogen) atoms. The zero-order valence-corrected chi connectivity index (χ0v) is 11.3. The van der Waals surface area contributed by atoms with Gasteiger partial charge in [-0.2, -0.15) is 0 Å². The van der Waals surface area contributed by atoms with Gasteiger partial charge < -0.3 is 21.9 Å². The third kappa shape index (κ3) is 5.38. The maximum absolute atomic E-state index is 11.8. The third-order valence-electron chi connectivity index (χ3n) is 2.96. The van der Waals surface area contributed by atoms with Gasteiger partial charge in [0.2, 0.25) is 5.91 Å². The summed E-state index contributed by atoms with van der Waals surface area (Å²) in [5.41, 5.74) is 11.8. The van der Waals surface area contributed by atoms with Gasteiger partial charge in [0.05, 0.1) is 12.6 Å². The first-order valence-corrected chi connectivity index (χ1v) is 6.57. The highest BCUT2D eigenvalue weighted by atomic mass is 16.3. The molecule has 6 nitrogen and oxygen atoms in total. The van der Waals surface area contributed by atoms with E-state index in [4.69, 9.17) is 16.6 Å². The molecule has 2 amide bonds. The Hall–Kier alpha value is -1.92. The molecule has 0 heterocycles. The number of unbranched alkanes of at least 4 members (excludes halogenated alkanes) is 1. The quantitative estimate of drug-likeness (QED) is 0.496. The number of hydrogen-bond acceptors (Lipinski definition) is 4. The van der Waals surface area contributed by atoms with Crippen LogP contribution in [0.1, 0.15) is 35.2 Å². The van der Waals surface area contributed by atoms with Crippen molar-refractivity contribution in [2.75, 3.05) is 6.54 Å². The molecule has 0 bridgehead atoms. The standard InChI is InChI=1S/C14H21N3O3/c15-12(13(16)19)6-1-2-7-17-14(20)11-5-3-4-10(8-11)9-18/h3-5,8,12,18H,1-2,6-7,9,15H2,(H2,16,19)(H,17,20). The molecule has 0 aliphatic carbocycles. The molecule has 0 aliphatic heterocycles. The monoisotopic (exact) mass is 279 g/mol. The number of hydrogen-bond donors (Lipinski definition) is 4. The fourth-order valence-electron chi connectivity index (χ4n) is 1.75. The van der Waals surface area contributed by atoms with Gasteiger partial charge in [0.25, 0.3) is 5.91 Å². The number of carbonyl (C=O) groups is 2. The summed E-state index contributed by atoms with van der Waals surface area (Å²) in [6.45, 7) is 0.416. The van der Waals surface area contributed by atoms with E-state index >= 15 is 0 Å². The summed E-state index contributed by atoms with van der Waals surface area (Å²) in [4.78, 5) is 22.6. The lowest BCUT2D eigenvalue weighted by Crippen LogP contribution is -2.36. The Balaban J connectivity index is 2.28. The minimum atomic E-state index is -0.619. The van der Waals surface area contributed by atoms with Crippen LogP contribution in [0.25, 0.3) is 0 Å². The summed E-state index contributed by atoms with van der Waals surface area (Å²) in [6, 6.07) is 6.21. The van der Waals surface area contributed by atoms with Crippen molar-refractivity contribution in [2.45, 2.75) is 31.9 Å². The van der Waals surface area contributed by atoms with Crippen molar-refractivity contribution < 1.29 is 14.7 Å². The van der Waals surface area contributed by atoms with Crippen LogP contribution in [0.4, 0.5) is 0 Å². The second-order valence-electron chi connectivity index (χ2n) is 4.62. The Bertz CT molecular complexity index is 463. The molecule has 0 saturated heterocycles. The minimum Gasteiger partial charge on any atom is -0.392 e. The van der Waals surface area contributed by atoms with Gasteiger partial charge in [0.15, 0.2) is 0 Å². The lowest BCUT2D eigenvalue weighted by atomic mass is 10.1. The van der Waals surface area contributed by atoms with Crippen molar-refractivity contribution in [2.24, 2.45) is 11.5 Å². The fourth-order valence-corrected chi connectivity index (χ4v) is 1.75. The summed E-state index contributed by atoms with van der Waals surface area (Å²) >= 11 is 0. The Morgan fingerprint density at radius 3 is 2.70 bits per heavy atom. The predicted molar refractivity (Wildman–Crippen MR) is 75.7 cm³/mol. The van der Waals surface area contributed by atoms with Gasteiger partial charge in [0.1, 0.15) is 0 Å². The van der Waals surface area contributed by atoms with E-state index in [-0.39, 0.29) is 12.5 Å². The second kappa shape index (κ2) is 8.29. The van der Waals surface area contributed by atoms with Crippen molar-refractivity contribution in [3.05, 3.63) is 35.4 Å². The van der Waals surface area contributed by atoms with Crippen molar-refractivity contribution in [1.29, 1.82) is 0 Å². The molecule has 1 aromatic rings. The number of nitrogens with two attached hydrogens (primary N) is 2. The molecule has 1 atom stereocenters. The second-order valence-corrected chi connectivity index (χ2v) is 4.62. The summed E-state index contributed by atoms with van der Waals surface area (Å²) in [6.07, 6.45) is 1.97. The van der Waals surface area contributed by atoms with Gasteiger partial charge in [-0.1, -0.05) is 12.1 Å². The summed E-state index contributed by atoms with van der Waals surface area (Å²) in [5, 5.41) is 11.8. The molecule has 0 aliphatic rings. The highest BCUT2D eigenvalue weighted by Crippen LogP contribution is 2.05. The highest BCUT2D eigenvalue weighted by Gasteiger charge is 2.08. The van der Waals surface area contributed by atoms with Gasteiger partial charge in [-0.3, -0.25) is 9.59 Å². The summed E-state index contributed by atoms with van der Waals surface area (Å²) in [7, 11) is 0. The number of rotatable bonds is 8. The van der Waals surface area contributed by atoms with Gasteiger partial charge in [-0.25, -0.2) is 0 Å². The molecule has 6 N–H and O–H groups in total. The average Bonchev–Trinajstić information content (AvgIpc) is 2.46. The zero-order chi connectivity index (χ0) is 15.0. The van der Waals surface area contributed by atoms with Crippen molar-refractivity contribution in [1.82, 2.24) is 5.32 Å². The first-order chi connectivity index (χ1) is 9.54. The number of benzene rings is 1. The molecule has 1 aromatic carbocycles. The van der Waals surface area contributed by atoms with Gasteiger partial charge in [-0.15, -0.1) is 0 Å². The maximum Gasteiger partial charge on any atom is 0.251 e. The smallest absolute Gasteiger partial charge is 0.251 e. The number of nitrogens with one attached hydrogen (secondary N) is 1. The Morgan fingerprint density at radius 2 is 2.05 bits per heavy atom. The maximum atomic E-state index is 11.8. The largest absolute Gasteiger partial charge is 0.392 e. The first kappa shape index (κ1) is 16.1. The van der Waals surface area contributed by atoms with E-state index in [0.717, 1.165) is 12.8 Å². The van der Waals surface area contributed by atoms with Crippen LogP contribution >= 0.6 is 0 Å². The third-order valence-corrected chi connectivity index (χ3v) is 2.96. The number of primary amides is 1. The van der Waals surface area contributed by atoms with E-state index in [1.165, 1.54) is 0 Å². The Morgan fingerprint density at radius 1 is 1.30 bits per heavy atom. The topological polar surface area (TPSA) is 118 Å². The van der Waals surface area contributed by atoms with E-state index in [1.807, 2.05) is 0 Å². The van der Waals surface area contributed by atoms with E-state index in [1.54, 1.807) is 24.3 Å². The van der Waals surface area contributed by atoms with Gasteiger partial charge in [-0.05, 0) is 37.0 Å². The molecular formula is C14H21N3O3. The molecule has 1 rings (SSSR count). The van der Waals surface area contributed by atoms with E-state index < -0.39 is 11.9 Å². The average molecular weight is 279 g/mol. The van der Waals surface area contributed by atoms with Crippen LogP contribution in [-0.2, 0) is 11.4 Å². The normalized spacial score (nSPS) is 11.9. The molecule has 0 saturated carbocycles. The molecule has 0 fully saturated rings. The van der Waals surface area contributed by atoms with E-state index in [2.05, 4.69) is 5.32 Å². The highest BCUT2D eigenvalue weighted by molar-refractivity contribution is 5.94. The SMILES string of the molecule is NC(=O)C(N)CCCCNC(=O)c1cccc(CO)c1. The minimum absolute atomic E-state index is 0.0911. The van der Waals surface area contributed by atoms with Crippen LogP contribution in [0, 0.1) is 0 Å². The molecule has 6 heteroatoms. The van der Waals surface area contributed by atoms with Crippen LogP contribution < -0.4 is 16.8 Å². The Kier molecular flexibility index (Phi) is 6.69. The lowest BCUT2D eigenvalue weighted by Gasteiger charge is -2.08. The Labute approximate surface area is 118 Å². The van der Waals surface area contributed by atoms with E-state index in [9.17, 15) is 9.59 Å². The number of carbonyl (C=O) groups excluding carboxylic acids is 2. The van der Waals surface area contributed by atoms with Crippen LogP contribution in [-0.4, -0.2) is 29.5 Å². The number of aliphatic hydroxyl groups is 1. The zero-order valence-electron chi connectivity index (χ0n) is 11.3. The number of aliphatic hydroxyl groups excluding tert-OH is 1.